The number of morpholine rings is 1. The van der Waals surface area contributed by atoms with Crippen LogP contribution in [0.2, 0.25) is 0 Å². The number of fused-ring (bicyclic) bond motifs is 1. The van der Waals surface area contributed by atoms with Crippen molar-refractivity contribution in [3.63, 3.8) is 0 Å². The number of amides is 1. The van der Waals surface area contributed by atoms with Gasteiger partial charge >= 0.3 is 0 Å². The van der Waals surface area contributed by atoms with Gasteiger partial charge in [0.15, 0.2) is 5.65 Å². The molecule has 1 saturated heterocycles. The lowest BCUT2D eigenvalue weighted by Gasteiger charge is -2.36. The molecule has 2 aromatic rings. The van der Waals surface area contributed by atoms with E-state index in [2.05, 4.69) is 34.1 Å². The summed E-state index contributed by atoms with van der Waals surface area (Å²) in [5, 5.41) is 7.28. The molecule has 1 amide bonds. The third-order valence-electron chi connectivity index (χ3n) is 4.48. The summed E-state index contributed by atoms with van der Waals surface area (Å²) < 4.78 is 7.01. The van der Waals surface area contributed by atoms with Gasteiger partial charge in [0.05, 0.1) is 19.4 Å². The fourth-order valence-corrected chi connectivity index (χ4v) is 3.18. The van der Waals surface area contributed by atoms with Crippen LogP contribution in [-0.2, 0) is 4.74 Å². The average Bonchev–Trinajstić information content (AvgIpc) is 3.03. The number of rotatable bonds is 5. The van der Waals surface area contributed by atoms with E-state index in [1.165, 1.54) is 0 Å². The van der Waals surface area contributed by atoms with Crippen LogP contribution >= 0.6 is 0 Å². The van der Waals surface area contributed by atoms with Gasteiger partial charge in [0.25, 0.3) is 5.91 Å². The maximum Gasteiger partial charge on any atom is 0.270 e. The number of nitrogens with zero attached hydrogens (tertiary/aromatic N) is 4. The first-order valence-electron chi connectivity index (χ1n) is 8.47. The standard InChI is InChI=1S/C17H25N5O2/c1-12(2)15(21-6-8-24-9-7-21)11-18-17(23)14-10-13(3)20-16-4-5-19-22(14)16/h4-5,10,12,15H,6-9,11H2,1-3H3,(H,18,23)/t15-/m0/s1. The molecule has 0 aromatic carbocycles. The summed E-state index contributed by atoms with van der Waals surface area (Å²) in [5.74, 6) is 0.334. The van der Waals surface area contributed by atoms with E-state index in [1.807, 2.05) is 6.92 Å². The minimum Gasteiger partial charge on any atom is -0.379 e. The van der Waals surface area contributed by atoms with Gasteiger partial charge < -0.3 is 10.1 Å². The first kappa shape index (κ1) is 16.9. The van der Waals surface area contributed by atoms with Crippen molar-refractivity contribution in [1.29, 1.82) is 0 Å². The highest BCUT2D eigenvalue weighted by Gasteiger charge is 2.24. The van der Waals surface area contributed by atoms with Gasteiger partial charge in [-0.2, -0.15) is 5.10 Å². The maximum absolute atomic E-state index is 12.7. The summed E-state index contributed by atoms with van der Waals surface area (Å²) >= 11 is 0. The molecule has 7 nitrogen and oxygen atoms in total. The Morgan fingerprint density at radius 1 is 1.38 bits per heavy atom. The van der Waals surface area contributed by atoms with Crippen LogP contribution in [-0.4, -0.2) is 64.3 Å². The Hall–Kier alpha value is -1.99. The topological polar surface area (TPSA) is 71.8 Å². The number of carbonyl (C=O) groups is 1. The highest BCUT2D eigenvalue weighted by molar-refractivity contribution is 5.93. The molecule has 2 aromatic heterocycles. The molecule has 1 aliphatic heterocycles. The number of aryl methyl sites for hydroxylation is 1. The highest BCUT2D eigenvalue weighted by Crippen LogP contribution is 2.13. The number of hydrogen-bond acceptors (Lipinski definition) is 5. The monoisotopic (exact) mass is 331 g/mol. The Kier molecular flexibility index (Phi) is 5.11. The quantitative estimate of drug-likeness (QED) is 0.889. The molecule has 130 valence electrons. The summed E-state index contributed by atoms with van der Waals surface area (Å²) in [4.78, 5) is 19.4. The van der Waals surface area contributed by atoms with E-state index in [0.29, 0.717) is 29.8 Å². The Balaban J connectivity index is 1.72. The lowest BCUT2D eigenvalue weighted by molar-refractivity contribution is 0.00671. The van der Waals surface area contributed by atoms with Gasteiger partial charge in [-0.05, 0) is 18.9 Å². The summed E-state index contributed by atoms with van der Waals surface area (Å²) in [6.07, 6.45) is 1.66. The molecule has 0 radical (unpaired) electrons. The number of hydrogen-bond donors (Lipinski definition) is 1. The number of ether oxygens (including phenoxy) is 1. The van der Waals surface area contributed by atoms with Gasteiger partial charge in [-0.1, -0.05) is 13.8 Å². The minimum absolute atomic E-state index is 0.117. The van der Waals surface area contributed by atoms with Crippen molar-refractivity contribution in [2.45, 2.75) is 26.8 Å². The molecule has 24 heavy (non-hydrogen) atoms. The van der Waals surface area contributed by atoms with Crippen LogP contribution < -0.4 is 5.32 Å². The van der Waals surface area contributed by atoms with Crippen LogP contribution in [0, 0.1) is 12.8 Å². The summed E-state index contributed by atoms with van der Waals surface area (Å²) in [6, 6.07) is 3.87. The number of carbonyl (C=O) groups excluding carboxylic acids is 1. The van der Waals surface area contributed by atoms with Crippen LogP contribution in [0.4, 0.5) is 0 Å². The molecule has 0 spiro atoms. The van der Waals surface area contributed by atoms with E-state index in [-0.39, 0.29) is 5.91 Å². The molecule has 7 heteroatoms. The molecule has 1 fully saturated rings. The molecule has 1 aliphatic rings. The molecule has 3 rings (SSSR count). The van der Waals surface area contributed by atoms with E-state index in [9.17, 15) is 4.79 Å². The van der Waals surface area contributed by atoms with E-state index < -0.39 is 0 Å². The zero-order chi connectivity index (χ0) is 17.1. The first-order chi connectivity index (χ1) is 11.6. The van der Waals surface area contributed by atoms with Crippen molar-refractivity contribution in [1.82, 2.24) is 24.8 Å². The summed E-state index contributed by atoms with van der Waals surface area (Å²) in [7, 11) is 0. The smallest absolute Gasteiger partial charge is 0.270 e. The van der Waals surface area contributed by atoms with Crippen LogP contribution in [0.15, 0.2) is 18.3 Å². The van der Waals surface area contributed by atoms with Crippen LogP contribution in [0.5, 0.6) is 0 Å². The van der Waals surface area contributed by atoms with Gasteiger partial charge in [-0.25, -0.2) is 9.50 Å². The number of nitrogens with one attached hydrogen (secondary N) is 1. The predicted octanol–water partition coefficient (Wildman–Crippen LogP) is 1.12. The van der Waals surface area contributed by atoms with Gasteiger partial charge in [-0.15, -0.1) is 0 Å². The van der Waals surface area contributed by atoms with E-state index in [1.54, 1.807) is 22.8 Å². The van der Waals surface area contributed by atoms with Crippen molar-refractivity contribution < 1.29 is 9.53 Å². The van der Waals surface area contributed by atoms with Gasteiger partial charge in [0.2, 0.25) is 0 Å². The Bertz CT molecular complexity index is 706. The normalized spacial score (nSPS) is 17.3. The largest absolute Gasteiger partial charge is 0.379 e. The Morgan fingerprint density at radius 2 is 2.12 bits per heavy atom. The molecular weight excluding hydrogens is 306 g/mol. The SMILES string of the molecule is Cc1cc(C(=O)NC[C@@H](C(C)C)N2CCOCC2)n2nccc2n1. The van der Waals surface area contributed by atoms with E-state index >= 15 is 0 Å². The first-order valence-corrected chi connectivity index (χ1v) is 8.47. The van der Waals surface area contributed by atoms with E-state index in [0.717, 1.165) is 32.0 Å². The van der Waals surface area contributed by atoms with Crippen molar-refractivity contribution in [3.05, 3.63) is 29.7 Å². The van der Waals surface area contributed by atoms with E-state index in [4.69, 9.17) is 4.74 Å². The zero-order valence-corrected chi connectivity index (χ0v) is 14.5. The van der Waals surface area contributed by atoms with Crippen LogP contribution in [0.1, 0.15) is 30.0 Å². The minimum atomic E-state index is -0.117. The average molecular weight is 331 g/mol. The Morgan fingerprint density at radius 3 is 2.83 bits per heavy atom. The molecule has 0 aliphatic carbocycles. The van der Waals surface area contributed by atoms with Crippen molar-refractivity contribution in [2.75, 3.05) is 32.8 Å². The lowest BCUT2D eigenvalue weighted by atomic mass is 10.0. The van der Waals surface area contributed by atoms with Crippen molar-refractivity contribution in [2.24, 2.45) is 5.92 Å². The maximum atomic E-state index is 12.7. The second kappa shape index (κ2) is 7.27. The Labute approximate surface area is 142 Å². The fourth-order valence-electron chi connectivity index (χ4n) is 3.18. The van der Waals surface area contributed by atoms with Gasteiger partial charge in [0.1, 0.15) is 5.69 Å². The van der Waals surface area contributed by atoms with Gasteiger partial charge in [0, 0.05) is 37.4 Å². The van der Waals surface area contributed by atoms with Crippen LogP contribution in [0.25, 0.3) is 5.65 Å². The predicted molar refractivity (Wildman–Crippen MR) is 91.1 cm³/mol. The molecule has 0 bridgehead atoms. The molecule has 0 saturated carbocycles. The van der Waals surface area contributed by atoms with Gasteiger partial charge in [-0.3, -0.25) is 9.69 Å². The van der Waals surface area contributed by atoms with Crippen molar-refractivity contribution in [3.8, 4) is 0 Å². The molecule has 1 atom stereocenters. The van der Waals surface area contributed by atoms with Crippen LogP contribution in [0.3, 0.4) is 0 Å². The lowest BCUT2D eigenvalue weighted by Crippen LogP contribution is -2.51. The number of aromatic nitrogens is 3. The molecule has 3 heterocycles. The highest BCUT2D eigenvalue weighted by atomic mass is 16.5. The third kappa shape index (κ3) is 3.57. The summed E-state index contributed by atoms with van der Waals surface area (Å²) in [6.45, 7) is 10.2. The zero-order valence-electron chi connectivity index (χ0n) is 14.5. The molecule has 0 unspecified atom stereocenters. The van der Waals surface area contributed by atoms with Crippen molar-refractivity contribution >= 4 is 11.6 Å². The fraction of sp³-hybridized carbons (Fsp3) is 0.588. The second-order valence-electron chi connectivity index (χ2n) is 6.55. The molecule has 1 N–H and O–H groups in total. The summed E-state index contributed by atoms with van der Waals surface area (Å²) in [5.41, 5.74) is 2.02. The molecular formula is C17H25N5O2. The third-order valence-corrected chi connectivity index (χ3v) is 4.48. The second-order valence-corrected chi connectivity index (χ2v) is 6.55.